The lowest BCUT2D eigenvalue weighted by Crippen LogP contribution is -2.46. The zero-order valence-corrected chi connectivity index (χ0v) is 16.7. The van der Waals surface area contributed by atoms with Crippen molar-refractivity contribution in [3.8, 4) is 0 Å². The van der Waals surface area contributed by atoms with Crippen LogP contribution in [0.5, 0.6) is 0 Å². The molecule has 0 radical (unpaired) electrons. The first-order valence-electron chi connectivity index (χ1n) is 8.60. The molecule has 0 unspecified atom stereocenters. The first-order chi connectivity index (χ1) is 12.1. The minimum absolute atomic E-state index is 0.0398. The van der Waals surface area contributed by atoms with Crippen LogP contribution in [0, 0.1) is 5.92 Å². The van der Waals surface area contributed by atoms with Gasteiger partial charge in [-0.15, -0.1) is 0 Å². The van der Waals surface area contributed by atoms with Crippen molar-refractivity contribution in [1.29, 1.82) is 0 Å². The fourth-order valence-corrected chi connectivity index (χ4v) is 3.84. The average Bonchev–Trinajstić information content (AvgIpc) is 2.56. The molecule has 6 nitrogen and oxygen atoms in total. The molecule has 0 aromatic heterocycles. The van der Waals surface area contributed by atoms with Gasteiger partial charge < -0.3 is 10.1 Å². The minimum Gasteiger partial charge on any atom is -0.449 e. The van der Waals surface area contributed by atoms with Gasteiger partial charge >= 0.3 is 5.97 Å². The molecule has 1 aromatic carbocycles. The van der Waals surface area contributed by atoms with E-state index in [0.29, 0.717) is 5.92 Å². The monoisotopic (exact) mass is 401 g/mol. The van der Waals surface area contributed by atoms with E-state index in [1.165, 1.54) is 19.1 Å². The molecule has 1 aromatic rings. The van der Waals surface area contributed by atoms with Gasteiger partial charge in [0.1, 0.15) is 0 Å². The summed E-state index contributed by atoms with van der Waals surface area (Å²) in [5, 5.41) is 3.00. The van der Waals surface area contributed by atoms with Crippen LogP contribution in [0.2, 0.25) is 5.02 Å². The SMILES string of the molecule is C[C@@H](OC(=O)c1cc(S(C)(=O)=O)ccc1Cl)C(=O)N[C@H]1CCCC[C@@H]1C. The molecule has 1 aliphatic carbocycles. The predicted molar refractivity (Wildman–Crippen MR) is 99.0 cm³/mol. The molecule has 1 amide bonds. The molecule has 1 aliphatic rings. The summed E-state index contributed by atoms with van der Waals surface area (Å²) in [5.74, 6) is -0.816. The smallest absolute Gasteiger partial charge is 0.340 e. The fourth-order valence-electron chi connectivity index (χ4n) is 3.00. The van der Waals surface area contributed by atoms with Crippen molar-refractivity contribution in [2.24, 2.45) is 5.92 Å². The Morgan fingerprint density at radius 2 is 1.92 bits per heavy atom. The molecule has 26 heavy (non-hydrogen) atoms. The van der Waals surface area contributed by atoms with E-state index in [1.54, 1.807) is 0 Å². The molecular formula is C18H24ClNO5S. The number of benzene rings is 1. The molecule has 0 spiro atoms. The second kappa shape index (κ2) is 8.39. The van der Waals surface area contributed by atoms with Crippen LogP contribution in [0.15, 0.2) is 23.1 Å². The van der Waals surface area contributed by atoms with Crippen LogP contribution in [-0.4, -0.2) is 38.7 Å². The predicted octanol–water partition coefficient (Wildman–Crippen LogP) is 2.98. The Hall–Kier alpha value is -1.60. The Morgan fingerprint density at radius 3 is 2.54 bits per heavy atom. The van der Waals surface area contributed by atoms with E-state index in [1.807, 2.05) is 0 Å². The average molecular weight is 402 g/mol. The van der Waals surface area contributed by atoms with Crippen molar-refractivity contribution in [1.82, 2.24) is 5.32 Å². The van der Waals surface area contributed by atoms with Crippen LogP contribution in [0.3, 0.4) is 0 Å². The number of sulfone groups is 1. The first-order valence-corrected chi connectivity index (χ1v) is 10.9. The number of halogens is 1. The highest BCUT2D eigenvalue weighted by Gasteiger charge is 2.27. The van der Waals surface area contributed by atoms with Crippen molar-refractivity contribution in [2.45, 2.75) is 56.6 Å². The quantitative estimate of drug-likeness (QED) is 0.766. The van der Waals surface area contributed by atoms with Crippen LogP contribution in [0.4, 0.5) is 0 Å². The van der Waals surface area contributed by atoms with E-state index in [2.05, 4.69) is 12.2 Å². The molecule has 0 heterocycles. The zero-order valence-electron chi connectivity index (χ0n) is 15.1. The highest BCUT2D eigenvalue weighted by Crippen LogP contribution is 2.24. The maximum atomic E-state index is 12.3. The molecule has 144 valence electrons. The van der Waals surface area contributed by atoms with E-state index in [9.17, 15) is 18.0 Å². The number of carbonyl (C=O) groups excluding carboxylic acids is 2. The molecule has 1 N–H and O–H groups in total. The van der Waals surface area contributed by atoms with Crippen molar-refractivity contribution in [3.05, 3.63) is 28.8 Å². The highest BCUT2D eigenvalue weighted by atomic mass is 35.5. The number of carbonyl (C=O) groups is 2. The molecule has 0 saturated heterocycles. The molecule has 8 heteroatoms. The van der Waals surface area contributed by atoms with Crippen LogP contribution >= 0.6 is 11.6 Å². The number of amides is 1. The lowest BCUT2D eigenvalue weighted by molar-refractivity contribution is -0.130. The molecular weight excluding hydrogens is 378 g/mol. The summed E-state index contributed by atoms with van der Waals surface area (Å²) in [4.78, 5) is 24.6. The number of hydrogen-bond acceptors (Lipinski definition) is 5. The minimum atomic E-state index is -3.49. The topological polar surface area (TPSA) is 89.5 Å². The number of hydrogen-bond donors (Lipinski definition) is 1. The highest BCUT2D eigenvalue weighted by molar-refractivity contribution is 7.90. The van der Waals surface area contributed by atoms with Crippen LogP contribution < -0.4 is 5.32 Å². The van der Waals surface area contributed by atoms with Gasteiger partial charge in [0.05, 0.1) is 15.5 Å². The van der Waals surface area contributed by atoms with Gasteiger partial charge in [0.25, 0.3) is 5.91 Å². The zero-order chi connectivity index (χ0) is 19.5. The Morgan fingerprint density at radius 1 is 1.27 bits per heavy atom. The summed E-state index contributed by atoms with van der Waals surface area (Å²) in [5.41, 5.74) is -0.0831. The van der Waals surface area contributed by atoms with Gasteiger partial charge in [-0.2, -0.15) is 0 Å². The number of esters is 1. The maximum Gasteiger partial charge on any atom is 0.340 e. The fraction of sp³-hybridized carbons (Fsp3) is 0.556. The first kappa shape index (κ1) is 20.7. The van der Waals surface area contributed by atoms with Gasteiger partial charge in [-0.3, -0.25) is 4.79 Å². The molecule has 1 saturated carbocycles. The van der Waals surface area contributed by atoms with E-state index in [0.717, 1.165) is 38.0 Å². The maximum absolute atomic E-state index is 12.3. The third-order valence-electron chi connectivity index (χ3n) is 4.68. The summed E-state index contributed by atoms with van der Waals surface area (Å²) < 4.78 is 28.5. The standard InChI is InChI=1S/C18H24ClNO5S/c1-11-6-4-5-7-16(11)20-17(21)12(2)25-18(22)14-10-13(26(3,23)24)8-9-15(14)19/h8-12,16H,4-7H2,1-3H3,(H,20,21)/t11-,12+,16-/m0/s1. The summed E-state index contributed by atoms with van der Waals surface area (Å²) in [6.07, 6.45) is 4.23. The largest absolute Gasteiger partial charge is 0.449 e. The number of ether oxygens (including phenoxy) is 1. The Kier molecular flexibility index (Phi) is 6.69. The van der Waals surface area contributed by atoms with Gasteiger partial charge in [-0.05, 0) is 43.9 Å². The van der Waals surface area contributed by atoms with Crippen molar-refractivity contribution in [3.63, 3.8) is 0 Å². The Labute approximate surface area is 159 Å². The third-order valence-corrected chi connectivity index (χ3v) is 6.12. The lowest BCUT2D eigenvalue weighted by Gasteiger charge is -2.30. The molecule has 0 bridgehead atoms. The third kappa shape index (κ3) is 5.20. The van der Waals surface area contributed by atoms with E-state index in [4.69, 9.17) is 16.3 Å². The Bertz CT molecular complexity index is 793. The molecule has 3 atom stereocenters. The van der Waals surface area contributed by atoms with Crippen molar-refractivity contribution < 1.29 is 22.7 Å². The van der Waals surface area contributed by atoms with Gasteiger partial charge in [0.2, 0.25) is 0 Å². The lowest BCUT2D eigenvalue weighted by atomic mass is 9.86. The van der Waals surface area contributed by atoms with Gasteiger partial charge in [0, 0.05) is 12.3 Å². The number of nitrogens with one attached hydrogen (secondary N) is 1. The Balaban J connectivity index is 2.05. The summed E-state index contributed by atoms with van der Waals surface area (Å²) in [7, 11) is -3.49. The number of rotatable bonds is 5. The van der Waals surface area contributed by atoms with Gasteiger partial charge in [0.15, 0.2) is 15.9 Å². The second-order valence-electron chi connectivity index (χ2n) is 6.84. The van der Waals surface area contributed by atoms with Crippen molar-refractivity contribution >= 4 is 33.3 Å². The van der Waals surface area contributed by atoms with Crippen LogP contribution in [-0.2, 0) is 19.4 Å². The summed E-state index contributed by atoms with van der Waals surface area (Å²) in [6.45, 7) is 3.58. The van der Waals surface area contributed by atoms with E-state index >= 15 is 0 Å². The second-order valence-corrected chi connectivity index (χ2v) is 9.26. The molecule has 2 rings (SSSR count). The van der Waals surface area contributed by atoms with Crippen molar-refractivity contribution in [2.75, 3.05) is 6.26 Å². The van der Waals surface area contributed by atoms with Crippen LogP contribution in [0.25, 0.3) is 0 Å². The van der Waals surface area contributed by atoms with Gasteiger partial charge in [-0.1, -0.05) is 31.4 Å². The van der Waals surface area contributed by atoms with E-state index in [-0.39, 0.29) is 27.4 Å². The molecule has 0 aliphatic heterocycles. The molecule has 1 fully saturated rings. The summed E-state index contributed by atoms with van der Waals surface area (Å²) in [6, 6.07) is 3.88. The summed E-state index contributed by atoms with van der Waals surface area (Å²) >= 11 is 5.98. The van der Waals surface area contributed by atoms with Crippen LogP contribution in [0.1, 0.15) is 49.9 Å². The van der Waals surface area contributed by atoms with Gasteiger partial charge in [-0.25, -0.2) is 13.2 Å². The normalized spacial score (nSPS) is 21.7. The van der Waals surface area contributed by atoms with E-state index < -0.39 is 21.9 Å².